The molecule has 2 heteroatoms. The van der Waals surface area contributed by atoms with Crippen LogP contribution >= 0.6 is 0 Å². The molecule has 0 aromatic carbocycles. The van der Waals surface area contributed by atoms with Gasteiger partial charge < -0.3 is 10.1 Å². The molecule has 0 amide bonds. The first-order valence-electron chi connectivity index (χ1n) is 5.01. The summed E-state index contributed by atoms with van der Waals surface area (Å²) >= 11 is 0. The van der Waals surface area contributed by atoms with E-state index >= 15 is 0 Å². The lowest BCUT2D eigenvalue weighted by atomic mass is 9.76. The smallest absolute Gasteiger partial charge is 0.0693 e. The maximum atomic E-state index is 5.55. The van der Waals surface area contributed by atoms with E-state index < -0.39 is 0 Å². The minimum atomic E-state index is 0.224. The number of ether oxygens (including phenoxy) is 1. The van der Waals surface area contributed by atoms with Crippen molar-refractivity contribution in [1.82, 2.24) is 5.32 Å². The second-order valence-electron chi connectivity index (χ2n) is 3.90. The molecule has 2 nitrogen and oxygen atoms in total. The van der Waals surface area contributed by atoms with Crippen molar-refractivity contribution in [3.8, 4) is 0 Å². The third kappa shape index (κ3) is 2.20. The fraction of sp³-hybridized carbons (Fsp3) is 1.00. The van der Waals surface area contributed by atoms with Crippen LogP contribution in [0.4, 0.5) is 0 Å². The third-order valence-electron chi connectivity index (χ3n) is 2.93. The number of hydrogen-bond acceptors (Lipinski definition) is 2. The largest absolute Gasteiger partial charge is 0.378 e. The summed E-state index contributed by atoms with van der Waals surface area (Å²) in [7, 11) is 1.85. The van der Waals surface area contributed by atoms with Crippen LogP contribution in [0.25, 0.3) is 0 Å². The van der Waals surface area contributed by atoms with Gasteiger partial charge in [0.15, 0.2) is 0 Å². The fourth-order valence-corrected chi connectivity index (χ4v) is 2.04. The van der Waals surface area contributed by atoms with Crippen molar-refractivity contribution < 1.29 is 4.74 Å². The SMILES string of the molecule is CCNC(C)CC1(OC)CCC1. The van der Waals surface area contributed by atoms with Crippen LogP contribution in [0.5, 0.6) is 0 Å². The van der Waals surface area contributed by atoms with Crippen LogP contribution in [0.15, 0.2) is 0 Å². The molecular weight excluding hydrogens is 150 g/mol. The van der Waals surface area contributed by atoms with E-state index in [1.54, 1.807) is 0 Å². The third-order valence-corrected chi connectivity index (χ3v) is 2.93. The molecule has 1 unspecified atom stereocenters. The number of hydrogen-bond donors (Lipinski definition) is 1. The van der Waals surface area contributed by atoms with Crippen LogP contribution in [-0.4, -0.2) is 25.3 Å². The van der Waals surface area contributed by atoms with Crippen molar-refractivity contribution >= 4 is 0 Å². The summed E-state index contributed by atoms with van der Waals surface area (Å²) in [4.78, 5) is 0. The summed E-state index contributed by atoms with van der Waals surface area (Å²) in [6.45, 7) is 5.44. The average Bonchev–Trinajstić information content (AvgIpc) is 1.97. The predicted molar refractivity (Wildman–Crippen MR) is 51.3 cm³/mol. The Bertz CT molecular complexity index is 126. The molecule has 0 aromatic heterocycles. The van der Waals surface area contributed by atoms with Crippen LogP contribution in [0.2, 0.25) is 0 Å². The van der Waals surface area contributed by atoms with Crippen molar-refractivity contribution in [1.29, 1.82) is 0 Å². The summed E-state index contributed by atoms with van der Waals surface area (Å²) in [5.41, 5.74) is 0.224. The predicted octanol–water partition coefficient (Wildman–Crippen LogP) is 1.94. The Morgan fingerprint density at radius 1 is 1.50 bits per heavy atom. The van der Waals surface area contributed by atoms with Gasteiger partial charge in [0.05, 0.1) is 5.60 Å². The number of rotatable bonds is 5. The summed E-state index contributed by atoms with van der Waals surface area (Å²) in [6, 6.07) is 0.593. The molecule has 1 aliphatic carbocycles. The van der Waals surface area contributed by atoms with Gasteiger partial charge in [-0.2, -0.15) is 0 Å². The Hall–Kier alpha value is -0.0800. The number of methoxy groups -OCH3 is 1. The summed E-state index contributed by atoms with van der Waals surface area (Å²) in [6.07, 6.45) is 5.00. The zero-order valence-electron chi connectivity index (χ0n) is 8.52. The van der Waals surface area contributed by atoms with Crippen molar-refractivity contribution in [3.63, 3.8) is 0 Å². The normalized spacial score (nSPS) is 23.2. The average molecular weight is 171 g/mol. The van der Waals surface area contributed by atoms with E-state index in [0.717, 1.165) is 13.0 Å². The zero-order chi connectivity index (χ0) is 9.03. The molecule has 0 saturated heterocycles. The van der Waals surface area contributed by atoms with E-state index in [-0.39, 0.29) is 5.60 Å². The van der Waals surface area contributed by atoms with Crippen molar-refractivity contribution in [2.24, 2.45) is 0 Å². The highest BCUT2D eigenvalue weighted by atomic mass is 16.5. The molecule has 0 aromatic rings. The Kier molecular flexibility index (Phi) is 3.53. The molecule has 72 valence electrons. The minimum absolute atomic E-state index is 0.224. The van der Waals surface area contributed by atoms with E-state index in [1.165, 1.54) is 19.3 Å². The fourth-order valence-electron chi connectivity index (χ4n) is 2.04. The highest BCUT2D eigenvalue weighted by Crippen LogP contribution is 2.38. The van der Waals surface area contributed by atoms with E-state index in [2.05, 4.69) is 19.2 Å². The van der Waals surface area contributed by atoms with Crippen LogP contribution < -0.4 is 5.32 Å². The molecule has 0 heterocycles. The zero-order valence-corrected chi connectivity index (χ0v) is 8.52. The van der Waals surface area contributed by atoms with Crippen molar-refractivity contribution in [3.05, 3.63) is 0 Å². The molecule has 0 spiro atoms. The molecule has 1 aliphatic rings. The van der Waals surface area contributed by atoms with Crippen molar-refractivity contribution in [2.75, 3.05) is 13.7 Å². The first-order valence-corrected chi connectivity index (χ1v) is 5.01. The van der Waals surface area contributed by atoms with Gasteiger partial charge in [0.1, 0.15) is 0 Å². The van der Waals surface area contributed by atoms with Gasteiger partial charge in [0.25, 0.3) is 0 Å². The maximum absolute atomic E-state index is 5.55. The molecule has 1 saturated carbocycles. The minimum Gasteiger partial charge on any atom is -0.378 e. The van der Waals surface area contributed by atoms with E-state index in [0.29, 0.717) is 6.04 Å². The highest BCUT2D eigenvalue weighted by Gasteiger charge is 2.37. The van der Waals surface area contributed by atoms with Crippen LogP contribution in [0.1, 0.15) is 39.5 Å². The van der Waals surface area contributed by atoms with Gasteiger partial charge in [0, 0.05) is 13.2 Å². The first kappa shape index (κ1) is 10.0. The molecule has 1 atom stereocenters. The maximum Gasteiger partial charge on any atom is 0.0693 e. The topological polar surface area (TPSA) is 21.3 Å². The van der Waals surface area contributed by atoms with Gasteiger partial charge >= 0.3 is 0 Å². The molecule has 12 heavy (non-hydrogen) atoms. The standard InChI is InChI=1S/C10H21NO/c1-4-11-9(2)8-10(12-3)6-5-7-10/h9,11H,4-8H2,1-3H3. The molecule has 0 bridgehead atoms. The van der Waals surface area contributed by atoms with E-state index in [4.69, 9.17) is 4.74 Å². The Morgan fingerprint density at radius 2 is 2.17 bits per heavy atom. The van der Waals surface area contributed by atoms with Gasteiger partial charge in [-0.25, -0.2) is 0 Å². The second kappa shape index (κ2) is 4.24. The van der Waals surface area contributed by atoms with Gasteiger partial charge in [-0.15, -0.1) is 0 Å². The highest BCUT2D eigenvalue weighted by molar-refractivity contribution is 4.91. The monoisotopic (exact) mass is 171 g/mol. The molecule has 1 N–H and O–H groups in total. The first-order chi connectivity index (χ1) is 5.72. The van der Waals surface area contributed by atoms with Gasteiger partial charge in [-0.05, 0) is 39.2 Å². The summed E-state index contributed by atoms with van der Waals surface area (Å²) in [5, 5.41) is 3.42. The van der Waals surface area contributed by atoms with Crippen LogP contribution in [-0.2, 0) is 4.74 Å². The Labute approximate surface area is 75.7 Å². The van der Waals surface area contributed by atoms with E-state index in [1.807, 2.05) is 7.11 Å². The molecule has 1 rings (SSSR count). The van der Waals surface area contributed by atoms with Crippen LogP contribution in [0, 0.1) is 0 Å². The summed E-state index contributed by atoms with van der Waals surface area (Å²) in [5.74, 6) is 0. The molecular formula is C10H21NO. The quantitative estimate of drug-likeness (QED) is 0.682. The lowest BCUT2D eigenvalue weighted by Crippen LogP contribution is -2.44. The van der Waals surface area contributed by atoms with Gasteiger partial charge in [-0.1, -0.05) is 6.92 Å². The molecule has 1 fully saturated rings. The van der Waals surface area contributed by atoms with Crippen LogP contribution in [0.3, 0.4) is 0 Å². The van der Waals surface area contributed by atoms with Crippen molar-refractivity contribution in [2.45, 2.75) is 51.2 Å². The molecule has 0 radical (unpaired) electrons. The Morgan fingerprint density at radius 3 is 2.50 bits per heavy atom. The summed E-state index contributed by atoms with van der Waals surface area (Å²) < 4.78 is 5.55. The van der Waals surface area contributed by atoms with E-state index in [9.17, 15) is 0 Å². The second-order valence-corrected chi connectivity index (χ2v) is 3.90. The Balaban J connectivity index is 2.27. The van der Waals surface area contributed by atoms with Gasteiger partial charge in [0.2, 0.25) is 0 Å². The lowest BCUT2D eigenvalue weighted by molar-refractivity contribution is -0.0823. The lowest BCUT2D eigenvalue weighted by Gasteiger charge is -2.42. The molecule has 0 aliphatic heterocycles. The number of nitrogens with one attached hydrogen (secondary N) is 1. The van der Waals surface area contributed by atoms with Gasteiger partial charge in [-0.3, -0.25) is 0 Å².